The quantitative estimate of drug-likeness (QED) is 0.781. The van der Waals surface area contributed by atoms with Crippen LogP contribution in [0.4, 0.5) is 0 Å². The second-order valence-electron chi connectivity index (χ2n) is 4.98. The molecule has 1 aromatic carbocycles. The molecule has 78 valence electrons. The summed E-state index contributed by atoms with van der Waals surface area (Å²) in [4.78, 5) is 0. The van der Waals surface area contributed by atoms with Crippen LogP contribution in [0.25, 0.3) is 0 Å². The molecule has 1 aromatic rings. The molecule has 0 radical (unpaired) electrons. The first-order valence-corrected chi connectivity index (χ1v) is 5.23. The molecule has 1 nitrogen and oxygen atoms in total. The molecule has 0 fully saturated rings. The van der Waals surface area contributed by atoms with Gasteiger partial charge in [0.2, 0.25) is 0 Å². The van der Waals surface area contributed by atoms with Gasteiger partial charge in [0.1, 0.15) is 0 Å². The number of aryl methyl sites for hydroxylation is 3. The molecule has 0 saturated carbocycles. The Hall–Kier alpha value is -0.820. The average molecular weight is 191 g/mol. The van der Waals surface area contributed by atoms with Gasteiger partial charge in [0, 0.05) is 5.54 Å². The zero-order chi connectivity index (χ0) is 10.8. The fourth-order valence-corrected chi connectivity index (χ4v) is 1.68. The molecule has 0 atom stereocenters. The molecule has 0 bridgehead atoms. The van der Waals surface area contributed by atoms with Crippen molar-refractivity contribution < 1.29 is 0 Å². The van der Waals surface area contributed by atoms with Gasteiger partial charge in [-0.15, -0.1) is 0 Å². The Morgan fingerprint density at radius 1 is 1.07 bits per heavy atom. The number of hydrogen-bond donors (Lipinski definition) is 1. The van der Waals surface area contributed by atoms with Crippen molar-refractivity contribution in [2.75, 3.05) is 0 Å². The van der Waals surface area contributed by atoms with Crippen molar-refractivity contribution in [1.82, 2.24) is 0 Å². The summed E-state index contributed by atoms with van der Waals surface area (Å²) >= 11 is 0. The monoisotopic (exact) mass is 191 g/mol. The van der Waals surface area contributed by atoms with Crippen molar-refractivity contribution >= 4 is 0 Å². The van der Waals surface area contributed by atoms with Crippen molar-refractivity contribution in [3.63, 3.8) is 0 Å². The number of rotatable bonds is 3. The first kappa shape index (κ1) is 11.3. The lowest BCUT2D eigenvalue weighted by molar-refractivity contribution is 0.477. The molecule has 0 aliphatic heterocycles. The maximum absolute atomic E-state index is 5.96. The van der Waals surface area contributed by atoms with Gasteiger partial charge in [-0.1, -0.05) is 29.3 Å². The first-order valence-electron chi connectivity index (χ1n) is 5.23. The molecule has 14 heavy (non-hydrogen) atoms. The highest BCUT2D eigenvalue weighted by molar-refractivity contribution is 5.28. The molecule has 1 rings (SSSR count). The van der Waals surface area contributed by atoms with Crippen molar-refractivity contribution in [2.24, 2.45) is 5.73 Å². The average Bonchev–Trinajstić information content (AvgIpc) is 1.97. The minimum atomic E-state index is -0.0579. The molecule has 0 aliphatic rings. The second-order valence-corrected chi connectivity index (χ2v) is 4.98. The van der Waals surface area contributed by atoms with Gasteiger partial charge in [-0.2, -0.15) is 0 Å². The molecule has 0 spiro atoms. The topological polar surface area (TPSA) is 26.0 Å². The van der Waals surface area contributed by atoms with E-state index in [9.17, 15) is 0 Å². The molecule has 0 aliphatic carbocycles. The Morgan fingerprint density at radius 2 is 1.57 bits per heavy atom. The van der Waals surface area contributed by atoms with Crippen LogP contribution in [0.3, 0.4) is 0 Å². The maximum atomic E-state index is 5.96. The van der Waals surface area contributed by atoms with Crippen LogP contribution < -0.4 is 5.73 Å². The van der Waals surface area contributed by atoms with E-state index in [1.165, 1.54) is 16.7 Å². The van der Waals surface area contributed by atoms with Gasteiger partial charge in [0.15, 0.2) is 0 Å². The van der Waals surface area contributed by atoms with Gasteiger partial charge in [-0.25, -0.2) is 0 Å². The molecule has 0 amide bonds. The lowest BCUT2D eigenvalue weighted by Crippen LogP contribution is -2.32. The number of hydrogen-bond acceptors (Lipinski definition) is 1. The lowest BCUT2D eigenvalue weighted by Gasteiger charge is -2.18. The minimum Gasteiger partial charge on any atom is -0.326 e. The zero-order valence-electron chi connectivity index (χ0n) is 9.72. The smallest absolute Gasteiger partial charge is 0.0100 e. The summed E-state index contributed by atoms with van der Waals surface area (Å²) in [6, 6.07) is 6.70. The first-order chi connectivity index (χ1) is 6.37. The molecule has 1 heteroatoms. The van der Waals surface area contributed by atoms with Crippen LogP contribution in [0.1, 0.15) is 37.0 Å². The molecule has 0 unspecified atom stereocenters. The van der Waals surface area contributed by atoms with Crippen LogP contribution in [-0.2, 0) is 6.42 Å². The highest BCUT2D eigenvalue weighted by Gasteiger charge is 2.10. The van der Waals surface area contributed by atoms with Crippen molar-refractivity contribution in [2.45, 2.75) is 46.1 Å². The van der Waals surface area contributed by atoms with Crippen LogP contribution >= 0.6 is 0 Å². The van der Waals surface area contributed by atoms with Gasteiger partial charge in [0.05, 0.1) is 0 Å². The molecule has 0 saturated heterocycles. The zero-order valence-corrected chi connectivity index (χ0v) is 9.72. The van der Waals surface area contributed by atoms with Crippen LogP contribution in [0.2, 0.25) is 0 Å². The van der Waals surface area contributed by atoms with E-state index in [2.05, 4.69) is 45.9 Å². The predicted octanol–water partition coefficient (Wildman–Crippen LogP) is 2.97. The number of benzene rings is 1. The fraction of sp³-hybridized carbons (Fsp3) is 0.538. The maximum Gasteiger partial charge on any atom is 0.0100 e. The van der Waals surface area contributed by atoms with Crippen LogP contribution in [0.5, 0.6) is 0 Å². The van der Waals surface area contributed by atoms with Crippen LogP contribution in [0.15, 0.2) is 18.2 Å². The van der Waals surface area contributed by atoms with E-state index in [-0.39, 0.29) is 5.54 Å². The second kappa shape index (κ2) is 4.14. The molecular formula is C13H21N. The van der Waals surface area contributed by atoms with E-state index in [1.807, 2.05) is 0 Å². The van der Waals surface area contributed by atoms with E-state index >= 15 is 0 Å². The van der Waals surface area contributed by atoms with Crippen LogP contribution in [-0.4, -0.2) is 5.54 Å². The minimum absolute atomic E-state index is 0.0579. The molecular weight excluding hydrogens is 170 g/mol. The third-order valence-electron chi connectivity index (χ3n) is 2.34. The van der Waals surface area contributed by atoms with Gasteiger partial charge in [-0.05, 0) is 46.1 Å². The van der Waals surface area contributed by atoms with E-state index in [0.717, 1.165) is 12.8 Å². The fourth-order valence-electron chi connectivity index (χ4n) is 1.68. The Labute approximate surface area is 87.3 Å². The van der Waals surface area contributed by atoms with Gasteiger partial charge >= 0.3 is 0 Å². The van der Waals surface area contributed by atoms with Gasteiger partial charge in [0.25, 0.3) is 0 Å². The molecule has 0 aromatic heterocycles. The Kier molecular flexibility index (Phi) is 3.33. The summed E-state index contributed by atoms with van der Waals surface area (Å²) in [5, 5.41) is 0. The summed E-state index contributed by atoms with van der Waals surface area (Å²) in [5.41, 5.74) is 9.99. The molecule has 0 heterocycles. The summed E-state index contributed by atoms with van der Waals surface area (Å²) in [6.45, 7) is 8.44. The van der Waals surface area contributed by atoms with Crippen LogP contribution in [0, 0.1) is 13.8 Å². The number of nitrogens with two attached hydrogens (primary N) is 1. The summed E-state index contributed by atoms with van der Waals surface area (Å²) < 4.78 is 0. The van der Waals surface area contributed by atoms with E-state index in [1.54, 1.807) is 0 Å². The van der Waals surface area contributed by atoms with Gasteiger partial charge in [-0.3, -0.25) is 0 Å². The molecule has 2 N–H and O–H groups in total. The Balaban J connectivity index is 2.68. The Morgan fingerprint density at radius 3 is 2.00 bits per heavy atom. The van der Waals surface area contributed by atoms with Crippen molar-refractivity contribution in [1.29, 1.82) is 0 Å². The van der Waals surface area contributed by atoms with E-state index < -0.39 is 0 Å². The summed E-state index contributed by atoms with van der Waals surface area (Å²) in [5.74, 6) is 0. The van der Waals surface area contributed by atoms with E-state index in [0.29, 0.717) is 0 Å². The normalized spacial score (nSPS) is 11.8. The standard InChI is InChI=1S/C13H21N/c1-10-7-11(2)9-12(8-10)5-6-13(3,4)14/h7-9H,5-6,14H2,1-4H3. The van der Waals surface area contributed by atoms with Crippen molar-refractivity contribution in [3.8, 4) is 0 Å². The van der Waals surface area contributed by atoms with E-state index in [4.69, 9.17) is 5.73 Å². The summed E-state index contributed by atoms with van der Waals surface area (Å²) in [6.07, 6.45) is 2.11. The highest BCUT2D eigenvalue weighted by atomic mass is 14.7. The van der Waals surface area contributed by atoms with Gasteiger partial charge < -0.3 is 5.73 Å². The largest absolute Gasteiger partial charge is 0.326 e. The highest BCUT2D eigenvalue weighted by Crippen LogP contribution is 2.14. The third kappa shape index (κ3) is 3.93. The summed E-state index contributed by atoms with van der Waals surface area (Å²) in [7, 11) is 0. The SMILES string of the molecule is Cc1cc(C)cc(CCC(C)(C)N)c1. The predicted molar refractivity (Wildman–Crippen MR) is 62.5 cm³/mol. The lowest BCUT2D eigenvalue weighted by atomic mass is 9.95. The third-order valence-corrected chi connectivity index (χ3v) is 2.34. The Bertz CT molecular complexity index is 287. The van der Waals surface area contributed by atoms with Crippen molar-refractivity contribution in [3.05, 3.63) is 34.9 Å².